The van der Waals surface area contributed by atoms with Crippen LogP contribution in [0, 0.1) is 0 Å². The number of anilines is 3. The van der Waals surface area contributed by atoms with E-state index in [9.17, 15) is 4.79 Å². The number of benzene rings is 3. The van der Waals surface area contributed by atoms with Gasteiger partial charge in [-0.05, 0) is 24.3 Å². The first-order valence-electron chi connectivity index (χ1n) is 10.6. The average molecular weight is 444 g/mol. The van der Waals surface area contributed by atoms with Gasteiger partial charge in [0, 0.05) is 42.6 Å². The molecule has 1 fully saturated rings. The summed E-state index contributed by atoms with van der Waals surface area (Å²) in [5.74, 6) is 0.533. The standard InChI is InChI=1S/C25H22ClN5O/c26-21-12-6-7-13-22(21)30-14-16-31(17-15-30)24-20-11-5-4-10-19(20)23(28-29-24)25(32)27-18-8-2-1-3-9-18/h1-13H,14-17H2,(H,27,32). The van der Waals surface area contributed by atoms with Gasteiger partial charge in [0.1, 0.15) is 0 Å². The van der Waals surface area contributed by atoms with Gasteiger partial charge in [-0.1, -0.05) is 66.2 Å². The van der Waals surface area contributed by atoms with Crippen molar-refractivity contribution in [3.05, 3.63) is 89.6 Å². The van der Waals surface area contributed by atoms with Crippen molar-refractivity contribution in [1.29, 1.82) is 0 Å². The number of aromatic nitrogens is 2. The number of fused-ring (bicyclic) bond motifs is 1. The van der Waals surface area contributed by atoms with E-state index in [2.05, 4.69) is 25.3 Å². The summed E-state index contributed by atoms with van der Waals surface area (Å²) in [6.07, 6.45) is 0. The highest BCUT2D eigenvalue weighted by molar-refractivity contribution is 6.33. The van der Waals surface area contributed by atoms with E-state index in [0.29, 0.717) is 5.69 Å². The molecule has 0 saturated carbocycles. The number of nitrogens with zero attached hydrogens (tertiary/aromatic N) is 4. The predicted molar refractivity (Wildman–Crippen MR) is 130 cm³/mol. The molecule has 0 radical (unpaired) electrons. The molecule has 1 aromatic heterocycles. The average Bonchev–Trinajstić information content (AvgIpc) is 2.84. The van der Waals surface area contributed by atoms with Gasteiger partial charge in [-0.15, -0.1) is 10.2 Å². The molecule has 6 nitrogen and oxygen atoms in total. The summed E-state index contributed by atoms with van der Waals surface area (Å²) >= 11 is 6.38. The number of hydrogen-bond donors (Lipinski definition) is 1. The third-order valence-corrected chi connectivity index (χ3v) is 6.01. The molecule has 5 rings (SSSR count). The van der Waals surface area contributed by atoms with Crippen molar-refractivity contribution >= 4 is 45.5 Å². The Hall–Kier alpha value is -3.64. The molecule has 1 saturated heterocycles. The molecular weight excluding hydrogens is 422 g/mol. The van der Waals surface area contributed by atoms with Crippen LogP contribution in [0.2, 0.25) is 5.02 Å². The Morgan fingerprint density at radius 3 is 2.12 bits per heavy atom. The summed E-state index contributed by atoms with van der Waals surface area (Å²) in [5, 5.41) is 14.2. The van der Waals surface area contributed by atoms with E-state index in [0.717, 1.165) is 59.2 Å². The maximum Gasteiger partial charge on any atom is 0.276 e. The number of piperazine rings is 1. The Labute approximate surface area is 191 Å². The maximum atomic E-state index is 12.9. The molecule has 7 heteroatoms. The van der Waals surface area contributed by atoms with Gasteiger partial charge in [-0.3, -0.25) is 4.79 Å². The summed E-state index contributed by atoms with van der Waals surface area (Å²) in [4.78, 5) is 17.4. The molecule has 1 aliphatic rings. The van der Waals surface area contributed by atoms with Crippen molar-refractivity contribution in [3.8, 4) is 0 Å². The van der Waals surface area contributed by atoms with Crippen LogP contribution < -0.4 is 15.1 Å². The molecule has 160 valence electrons. The van der Waals surface area contributed by atoms with E-state index in [4.69, 9.17) is 11.6 Å². The van der Waals surface area contributed by atoms with Crippen LogP contribution in [0.3, 0.4) is 0 Å². The van der Waals surface area contributed by atoms with Gasteiger partial charge in [0.2, 0.25) is 0 Å². The summed E-state index contributed by atoms with van der Waals surface area (Å²) < 4.78 is 0. The lowest BCUT2D eigenvalue weighted by Crippen LogP contribution is -2.47. The van der Waals surface area contributed by atoms with Gasteiger partial charge < -0.3 is 15.1 Å². The minimum absolute atomic E-state index is 0.269. The molecule has 0 spiro atoms. The molecule has 32 heavy (non-hydrogen) atoms. The van der Waals surface area contributed by atoms with Crippen LogP contribution in [0.4, 0.5) is 17.2 Å². The highest BCUT2D eigenvalue weighted by Crippen LogP contribution is 2.30. The van der Waals surface area contributed by atoms with E-state index in [-0.39, 0.29) is 5.91 Å². The van der Waals surface area contributed by atoms with Crippen LogP contribution >= 0.6 is 11.6 Å². The van der Waals surface area contributed by atoms with Crippen molar-refractivity contribution in [2.75, 3.05) is 41.3 Å². The minimum atomic E-state index is -0.269. The molecule has 1 aliphatic heterocycles. The maximum absolute atomic E-state index is 12.9. The van der Waals surface area contributed by atoms with Gasteiger partial charge in [0.15, 0.2) is 11.5 Å². The molecule has 0 atom stereocenters. The molecule has 4 aromatic rings. The topological polar surface area (TPSA) is 61.4 Å². The Balaban J connectivity index is 1.40. The normalized spacial score (nSPS) is 13.9. The van der Waals surface area contributed by atoms with Crippen LogP contribution in [0.15, 0.2) is 78.9 Å². The van der Waals surface area contributed by atoms with E-state index in [1.165, 1.54) is 0 Å². The monoisotopic (exact) mass is 443 g/mol. The molecule has 0 unspecified atom stereocenters. The SMILES string of the molecule is O=C(Nc1ccccc1)c1nnc(N2CCN(c3ccccc3Cl)CC2)c2ccccc12. The predicted octanol–water partition coefficient (Wildman–Crippen LogP) is 4.86. The number of halogens is 1. The van der Waals surface area contributed by atoms with Crippen molar-refractivity contribution in [3.63, 3.8) is 0 Å². The third kappa shape index (κ3) is 3.97. The van der Waals surface area contributed by atoms with Crippen molar-refractivity contribution in [1.82, 2.24) is 10.2 Å². The van der Waals surface area contributed by atoms with Gasteiger partial charge in [0.25, 0.3) is 5.91 Å². The van der Waals surface area contributed by atoms with E-state index < -0.39 is 0 Å². The molecule has 2 heterocycles. The molecule has 3 aromatic carbocycles. The fourth-order valence-electron chi connectivity index (χ4n) is 4.07. The number of rotatable bonds is 4. The lowest BCUT2D eigenvalue weighted by molar-refractivity contribution is 0.102. The number of nitrogens with one attached hydrogen (secondary N) is 1. The minimum Gasteiger partial charge on any atom is -0.367 e. The summed E-state index contributed by atoms with van der Waals surface area (Å²) in [7, 11) is 0. The lowest BCUT2D eigenvalue weighted by Gasteiger charge is -2.37. The highest BCUT2D eigenvalue weighted by Gasteiger charge is 2.23. The smallest absolute Gasteiger partial charge is 0.276 e. The highest BCUT2D eigenvalue weighted by atomic mass is 35.5. The largest absolute Gasteiger partial charge is 0.367 e. The van der Waals surface area contributed by atoms with Crippen LogP contribution in [-0.4, -0.2) is 42.3 Å². The lowest BCUT2D eigenvalue weighted by atomic mass is 10.1. The first-order valence-corrected chi connectivity index (χ1v) is 10.9. The molecule has 1 amide bonds. The van der Waals surface area contributed by atoms with Crippen molar-refractivity contribution in [2.45, 2.75) is 0 Å². The second kappa shape index (κ2) is 8.85. The van der Waals surface area contributed by atoms with Gasteiger partial charge in [-0.2, -0.15) is 0 Å². The van der Waals surface area contributed by atoms with E-state index >= 15 is 0 Å². The van der Waals surface area contributed by atoms with Crippen LogP contribution in [0.5, 0.6) is 0 Å². The number of hydrogen-bond acceptors (Lipinski definition) is 5. The summed E-state index contributed by atoms with van der Waals surface area (Å²) in [6.45, 7) is 3.24. The number of amides is 1. The van der Waals surface area contributed by atoms with Crippen molar-refractivity contribution < 1.29 is 4.79 Å². The zero-order chi connectivity index (χ0) is 21.9. The molecule has 1 N–H and O–H groups in total. The fourth-order valence-corrected chi connectivity index (χ4v) is 4.33. The Kier molecular flexibility index (Phi) is 5.60. The fraction of sp³-hybridized carbons (Fsp3) is 0.160. The van der Waals surface area contributed by atoms with Gasteiger partial charge in [0.05, 0.1) is 10.7 Å². The van der Waals surface area contributed by atoms with Crippen LogP contribution in [0.25, 0.3) is 10.8 Å². The van der Waals surface area contributed by atoms with Crippen molar-refractivity contribution in [2.24, 2.45) is 0 Å². The Bertz CT molecular complexity index is 1260. The second-order valence-electron chi connectivity index (χ2n) is 7.66. The number of carbonyl (C=O) groups is 1. The molecular formula is C25H22ClN5O. The van der Waals surface area contributed by atoms with Gasteiger partial charge in [-0.25, -0.2) is 0 Å². The molecule has 0 aliphatic carbocycles. The summed E-state index contributed by atoms with van der Waals surface area (Å²) in [6, 6.07) is 25.1. The quantitative estimate of drug-likeness (QED) is 0.488. The van der Waals surface area contributed by atoms with Crippen LogP contribution in [0.1, 0.15) is 10.5 Å². The third-order valence-electron chi connectivity index (χ3n) is 5.69. The zero-order valence-electron chi connectivity index (χ0n) is 17.4. The Morgan fingerprint density at radius 1 is 0.750 bits per heavy atom. The van der Waals surface area contributed by atoms with E-state index in [1.54, 1.807) is 0 Å². The van der Waals surface area contributed by atoms with Crippen LogP contribution in [-0.2, 0) is 0 Å². The summed E-state index contributed by atoms with van der Waals surface area (Å²) in [5.41, 5.74) is 2.10. The number of carbonyl (C=O) groups excluding carboxylic acids is 1. The zero-order valence-corrected chi connectivity index (χ0v) is 18.2. The first-order chi connectivity index (χ1) is 15.7. The van der Waals surface area contributed by atoms with E-state index in [1.807, 2.05) is 78.9 Å². The first kappa shape index (κ1) is 20.3. The molecule has 0 bridgehead atoms. The van der Waals surface area contributed by atoms with Gasteiger partial charge >= 0.3 is 0 Å². The number of para-hydroxylation sites is 2. The Morgan fingerprint density at radius 2 is 1.38 bits per heavy atom. The second-order valence-corrected chi connectivity index (χ2v) is 8.07.